The van der Waals surface area contributed by atoms with Crippen molar-refractivity contribution in [2.24, 2.45) is 0 Å². The number of nitrogens with one attached hydrogen (secondary N) is 1. The molecule has 0 atom stereocenters. The molecule has 140 valence electrons. The van der Waals surface area contributed by atoms with Gasteiger partial charge in [0.2, 0.25) is 0 Å². The highest BCUT2D eigenvalue weighted by atomic mass is 19.1. The Morgan fingerprint density at radius 3 is 2.61 bits per heavy atom. The van der Waals surface area contributed by atoms with E-state index in [1.807, 2.05) is 25.1 Å². The summed E-state index contributed by atoms with van der Waals surface area (Å²) >= 11 is 0. The molecule has 0 aliphatic rings. The van der Waals surface area contributed by atoms with Gasteiger partial charge in [0.15, 0.2) is 0 Å². The lowest BCUT2D eigenvalue weighted by Crippen LogP contribution is -2.13. The second kappa shape index (κ2) is 7.19. The van der Waals surface area contributed by atoms with Crippen LogP contribution in [0, 0.1) is 12.7 Å². The van der Waals surface area contributed by atoms with Gasteiger partial charge in [0.25, 0.3) is 5.56 Å². The summed E-state index contributed by atoms with van der Waals surface area (Å²) in [6.45, 7) is 1.90. The van der Waals surface area contributed by atoms with Crippen molar-refractivity contribution in [1.82, 2.24) is 19.9 Å². The molecule has 0 fully saturated rings. The zero-order chi connectivity index (χ0) is 19.7. The van der Waals surface area contributed by atoms with Gasteiger partial charge in [-0.1, -0.05) is 12.1 Å². The zero-order valence-electron chi connectivity index (χ0n) is 15.4. The maximum absolute atomic E-state index is 13.2. The Balaban J connectivity index is 1.75. The molecule has 0 radical (unpaired) electrons. The van der Waals surface area contributed by atoms with Gasteiger partial charge in [-0.25, -0.2) is 19.3 Å². The van der Waals surface area contributed by atoms with Crippen molar-refractivity contribution in [2.75, 3.05) is 7.11 Å². The van der Waals surface area contributed by atoms with E-state index in [0.717, 1.165) is 11.1 Å². The fourth-order valence-corrected chi connectivity index (χ4v) is 3.09. The van der Waals surface area contributed by atoms with Crippen molar-refractivity contribution in [2.45, 2.75) is 13.3 Å². The molecule has 2 heterocycles. The van der Waals surface area contributed by atoms with E-state index >= 15 is 0 Å². The summed E-state index contributed by atoms with van der Waals surface area (Å²) in [5.41, 5.74) is 2.36. The molecule has 6 nitrogen and oxygen atoms in total. The number of methoxy groups -OCH3 is 1. The van der Waals surface area contributed by atoms with Crippen LogP contribution in [0.15, 0.2) is 53.3 Å². The SMILES string of the molecule is COc1cccc2c(C)nc(Cc3nc(-c4ccc(F)cc4)cc(=O)[nH]3)nc12. The van der Waals surface area contributed by atoms with E-state index in [4.69, 9.17) is 4.74 Å². The van der Waals surface area contributed by atoms with E-state index in [9.17, 15) is 9.18 Å². The van der Waals surface area contributed by atoms with Crippen LogP contribution in [0.4, 0.5) is 4.39 Å². The van der Waals surface area contributed by atoms with Crippen molar-refractivity contribution >= 4 is 10.9 Å². The number of benzene rings is 2. The van der Waals surface area contributed by atoms with Crippen molar-refractivity contribution in [1.29, 1.82) is 0 Å². The Kier molecular flexibility index (Phi) is 4.57. The maximum atomic E-state index is 13.2. The van der Waals surface area contributed by atoms with Crippen LogP contribution in [0.1, 0.15) is 17.3 Å². The highest BCUT2D eigenvalue weighted by Gasteiger charge is 2.11. The summed E-state index contributed by atoms with van der Waals surface area (Å²) in [5.74, 6) is 1.27. The molecule has 0 saturated heterocycles. The number of fused-ring (bicyclic) bond motifs is 1. The Hall–Kier alpha value is -3.61. The topological polar surface area (TPSA) is 80.8 Å². The molecule has 0 bridgehead atoms. The first-order valence-corrected chi connectivity index (χ1v) is 8.70. The van der Waals surface area contributed by atoms with Crippen LogP contribution in [-0.4, -0.2) is 27.0 Å². The number of hydrogen-bond acceptors (Lipinski definition) is 5. The van der Waals surface area contributed by atoms with E-state index in [2.05, 4.69) is 19.9 Å². The number of nitrogens with zero attached hydrogens (tertiary/aromatic N) is 3. The van der Waals surface area contributed by atoms with Gasteiger partial charge >= 0.3 is 0 Å². The van der Waals surface area contributed by atoms with Crippen molar-refractivity contribution in [3.63, 3.8) is 0 Å². The number of halogens is 1. The van der Waals surface area contributed by atoms with Gasteiger partial charge < -0.3 is 9.72 Å². The second-order valence-corrected chi connectivity index (χ2v) is 6.34. The van der Waals surface area contributed by atoms with E-state index in [1.165, 1.54) is 18.2 Å². The quantitative estimate of drug-likeness (QED) is 0.590. The minimum atomic E-state index is -0.345. The zero-order valence-corrected chi connectivity index (χ0v) is 15.4. The van der Waals surface area contributed by atoms with Gasteiger partial charge in [0.05, 0.1) is 19.2 Å². The number of H-pyrrole nitrogens is 1. The number of para-hydroxylation sites is 1. The first-order chi connectivity index (χ1) is 13.5. The van der Waals surface area contributed by atoms with E-state index in [1.54, 1.807) is 19.2 Å². The minimum Gasteiger partial charge on any atom is -0.494 e. The van der Waals surface area contributed by atoms with Crippen LogP contribution in [0.25, 0.3) is 22.2 Å². The maximum Gasteiger partial charge on any atom is 0.251 e. The van der Waals surface area contributed by atoms with Crippen molar-refractivity contribution < 1.29 is 9.13 Å². The molecule has 7 heteroatoms. The molecule has 0 aliphatic heterocycles. The number of hydrogen-bond donors (Lipinski definition) is 1. The number of aromatic amines is 1. The number of rotatable bonds is 4. The normalized spacial score (nSPS) is 11.0. The monoisotopic (exact) mass is 376 g/mol. The molecule has 0 aliphatic carbocycles. The number of aromatic nitrogens is 4. The summed E-state index contributed by atoms with van der Waals surface area (Å²) in [4.78, 5) is 28.4. The molecular weight excluding hydrogens is 359 g/mol. The van der Waals surface area contributed by atoms with Gasteiger partial charge in [-0.15, -0.1) is 0 Å². The largest absolute Gasteiger partial charge is 0.494 e. The Morgan fingerprint density at radius 1 is 1.07 bits per heavy atom. The van der Waals surface area contributed by atoms with Gasteiger partial charge in [-0.3, -0.25) is 4.79 Å². The van der Waals surface area contributed by atoms with Gasteiger partial charge in [0.1, 0.15) is 28.7 Å². The molecule has 4 rings (SSSR count). The summed E-state index contributed by atoms with van der Waals surface area (Å²) in [5, 5.41) is 0.907. The summed E-state index contributed by atoms with van der Waals surface area (Å²) in [6, 6.07) is 12.9. The standard InChI is InChI=1S/C21H17FN4O2/c1-12-15-4-3-5-17(28-2)21(15)26-18(23-12)11-19-24-16(10-20(27)25-19)13-6-8-14(22)9-7-13/h3-10H,11H2,1-2H3,(H,24,25,27). The fourth-order valence-electron chi connectivity index (χ4n) is 3.09. The van der Waals surface area contributed by atoms with Crippen LogP contribution in [0.2, 0.25) is 0 Å². The summed E-state index contributed by atoms with van der Waals surface area (Å²) in [7, 11) is 1.59. The van der Waals surface area contributed by atoms with Crippen LogP contribution in [0.5, 0.6) is 5.75 Å². The van der Waals surface area contributed by atoms with E-state index in [0.29, 0.717) is 34.2 Å². The second-order valence-electron chi connectivity index (χ2n) is 6.34. The number of aryl methyl sites for hydroxylation is 1. The molecule has 28 heavy (non-hydrogen) atoms. The highest BCUT2D eigenvalue weighted by Crippen LogP contribution is 2.25. The molecule has 2 aromatic heterocycles. The first-order valence-electron chi connectivity index (χ1n) is 8.70. The lowest BCUT2D eigenvalue weighted by Gasteiger charge is -2.09. The molecular formula is C21H17FN4O2. The van der Waals surface area contributed by atoms with Crippen molar-refractivity contribution in [3.05, 3.63) is 82.0 Å². The van der Waals surface area contributed by atoms with Crippen LogP contribution < -0.4 is 10.3 Å². The lowest BCUT2D eigenvalue weighted by atomic mass is 10.1. The van der Waals surface area contributed by atoms with E-state index < -0.39 is 0 Å². The first kappa shape index (κ1) is 17.8. The smallest absolute Gasteiger partial charge is 0.251 e. The average Bonchev–Trinajstić information content (AvgIpc) is 2.68. The fraction of sp³-hybridized carbons (Fsp3) is 0.143. The predicted molar refractivity (Wildman–Crippen MR) is 104 cm³/mol. The Labute approximate surface area is 160 Å². The third-order valence-electron chi connectivity index (χ3n) is 4.40. The van der Waals surface area contributed by atoms with Gasteiger partial charge in [-0.2, -0.15) is 0 Å². The van der Waals surface area contributed by atoms with Gasteiger partial charge in [-0.05, 0) is 37.3 Å². The lowest BCUT2D eigenvalue weighted by molar-refractivity contribution is 0.418. The van der Waals surface area contributed by atoms with Crippen molar-refractivity contribution in [3.8, 4) is 17.0 Å². The Morgan fingerprint density at radius 2 is 1.86 bits per heavy atom. The molecule has 0 unspecified atom stereocenters. The predicted octanol–water partition coefficient (Wildman–Crippen LogP) is 3.43. The molecule has 1 N–H and O–H groups in total. The summed E-state index contributed by atoms with van der Waals surface area (Å²) < 4.78 is 18.6. The third kappa shape index (κ3) is 3.46. The van der Waals surface area contributed by atoms with Gasteiger partial charge in [0, 0.05) is 22.7 Å². The highest BCUT2D eigenvalue weighted by molar-refractivity contribution is 5.86. The summed E-state index contributed by atoms with van der Waals surface area (Å²) in [6.07, 6.45) is 0.249. The molecule has 0 amide bonds. The number of ether oxygens (including phenoxy) is 1. The molecule has 0 spiro atoms. The third-order valence-corrected chi connectivity index (χ3v) is 4.40. The van der Waals surface area contributed by atoms with Crippen LogP contribution in [0.3, 0.4) is 0 Å². The van der Waals surface area contributed by atoms with E-state index in [-0.39, 0.29) is 17.8 Å². The molecule has 2 aromatic carbocycles. The van der Waals surface area contributed by atoms with Crippen LogP contribution in [-0.2, 0) is 6.42 Å². The average molecular weight is 376 g/mol. The molecule has 0 saturated carbocycles. The van der Waals surface area contributed by atoms with Crippen LogP contribution >= 0.6 is 0 Å². The Bertz CT molecular complexity index is 1220. The molecule has 4 aromatic rings. The minimum absolute atomic E-state index is 0.249.